The van der Waals surface area contributed by atoms with Gasteiger partial charge in [0.15, 0.2) is 11.5 Å². The van der Waals surface area contributed by atoms with Gasteiger partial charge in [0, 0.05) is 48.7 Å². The molecule has 0 spiro atoms. The summed E-state index contributed by atoms with van der Waals surface area (Å²) in [5, 5.41) is 2.74. The molecule has 0 radical (unpaired) electrons. The van der Waals surface area contributed by atoms with Crippen LogP contribution >= 0.6 is 0 Å². The van der Waals surface area contributed by atoms with Crippen LogP contribution in [-0.4, -0.2) is 48.7 Å². The molecule has 7 nitrogen and oxygen atoms in total. The van der Waals surface area contributed by atoms with E-state index in [1.54, 1.807) is 43.3 Å². The zero-order valence-corrected chi connectivity index (χ0v) is 17.2. The number of piperazine rings is 1. The Bertz CT molecular complexity index is 1070. The quantitative estimate of drug-likeness (QED) is 0.640. The molecular weight excluding hydrogens is 394 g/mol. The molecule has 0 atom stereocenters. The van der Waals surface area contributed by atoms with Crippen LogP contribution in [0.5, 0.6) is 0 Å². The number of ketones is 1. The Hall–Kier alpha value is -3.87. The number of nitrogens with zero attached hydrogens (tertiary/aromatic N) is 2. The minimum atomic E-state index is -0.337. The first-order valence-corrected chi connectivity index (χ1v) is 10.1. The predicted octanol–water partition coefficient (Wildman–Crippen LogP) is 3.70. The molecule has 0 aliphatic carbocycles. The number of furan rings is 1. The summed E-state index contributed by atoms with van der Waals surface area (Å²) in [4.78, 5) is 40.4. The Morgan fingerprint density at radius 2 is 1.48 bits per heavy atom. The Labute approximate surface area is 180 Å². The van der Waals surface area contributed by atoms with Crippen LogP contribution in [0.2, 0.25) is 0 Å². The Balaban J connectivity index is 1.33. The van der Waals surface area contributed by atoms with E-state index in [-0.39, 0.29) is 23.4 Å². The third-order valence-electron chi connectivity index (χ3n) is 5.34. The minimum absolute atomic E-state index is 0.0320. The average Bonchev–Trinajstić information content (AvgIpc) is 3.35. The highest BCUT2D eigenvalue weighted by molar-refractivity contribution is 6.02. The molecule has 0 unspecified atom stereocenters. The average molecular weight is 417 g/mol. The lowest BCUT2D eigenvalue weighted by atomic mass is 10.1. The largest absolute Gasteiger partial charge is 0.459 e. The van der Waals surface area contributed by atoms with Gasteiger partial charge in [-0.3, -0.25) is 14.4 Å². The van der Waals surface area contributed by atoms with Gasteiger partial charge < -0.3 is 19.5 Å². The van der Waals surface area contributed by atoms with Gasteiger partial charge in [-0.1, -0.05) is 0 Å². The molecule has 1 aliphatic rings. The van der Waals surface area contributed by atoms with Crippen molar-refractivity contribution in [2.24, 2.45) is 0 Å². The second-order valence-electron chi connectivity index (χ2n) is 7.39. The van der Waals surface area contributed by atoms with E-state index >= 15 is 0 Å². The second kappa shape index (κ2) is 8.87. The summed E-state index contributed by atoms with van der Waals surface area (Å²) in [6, 6.07) is 17.7. The van der Waals surface area contributed by atoms with Crippen molar-refractivity contribution in [3.8, 4) is 0 Å². The normalized spacial score (nSPS) is 13.7. The van der Waals surface area contributed by atoms with Crippen LogP contribution in [0.1, 0.15) is 38.2 Å². The van der Waals surface area contributed by atoms with Crippen molar-refractivity contribution in [2.45, 2.75) is 6.92 Å². The van der Waals surface area contributed by atoms with E-state index in [4.69, 9.17) is 4.42 Å². The first-order chi connectivity index (χ1) is 15.0. The van der Waals surface area contributed by atoms with Crippen molar-refractivity contribution in [3.05, 3.63) is 83.8 Å². The van der Waals surface area contributed by atoms with Crippen LogP contribution in [-0.2, 0) is 0 Å². The fraction of sp³-hybridized carbons (Fsp3) is 0.208. The van der Waals surface area contributed by atoms with Gasteiger partial charge in [0.05, 0.1) is 6.26 Å². The summed E-state index contributed by atoms with van der Waals surface area (Å²) < 4.78 is 5.07. The lowest BCUT2D eigenvalue weighted by Crippen LogP contribution is -2.48. The zero-order chi connectivity index (χ0) is 21.8. The molecule has 1 fully saturated rings. The molecule has 2 aromatic carbocycles. The van der Waals surface area contributed by atoms with Crippen LogP contribution in [0.25, 0.3) is 0 Å². The van der Waals surface area contributed by atoms with Gasteiger partial charge >= 0.3 is 0 Å². The number of rotatable bonds is 5. The van der Waals surface area contributed by atoms with E-state index in [2.05, 4.69) is 10.2 Å². The third-order valence-corrected chi connectivity index (χ3v) is 5.34. The van der Waals surface area contributed by atoms with E-state index in [0.717, 1.165) is 18.8 Å². The summed E-state index contributed by atoms with van der Waals surface area (Å²) in [5.41, 5.74) is 2.92. The Kier molecular flexibility index (Phi) is 5.84. The summed E-state index contributed by atoms with van der Waals surface area (Å²) in [5.74, 6) is -0.0884. The SMILES string of the molecule is CC(=O)c1ccc(N2CCN(C(=O)c3ccc(NC(=O)c4ccco4)cc3)CC2)cc1. The highest BCUT2D eigenvalue weighted by Crippen LogP contribution is 2.19. The molecule has 0 bridgehead atoms. The van der Waals surface area contributed by atoms with Crippen molar-refractivity contribution < 1.29 is 18.8 Å². The van der Waals surface area contributed by atoms with Gasteiger partial charge in [0.2, 0.25) is 0 Å². The van der Waals surface area contributed by atoms with Crippen LogP contribution in [0.3, 0.4) is 0 Å². The van der Waals surface area contributed by atoms with Crippen LogP contribution in [0, 0.1) is 0 Å². The van der Waals surface area contributed by atoms with E-state index in [1.807, 2.05) is 29.2 Å². The molecule has 1 aromatic heterocycles. The smallest absolute Gasteiger partial charge is 0.291 e. The number of hydrogen-bond acceptors (Lipinski definition) is 5. The number of benzene rings is 2. The Morgan fingerprint density at radius 1 is 0.839 bits per heavy atom. The number of anilines is 2. The van der Waals surface area contributed by atoms with Crippen molar-refractivity contribution in [1.29, 1.82) is 0 Å². The summed E-state index contributed by atoms with van der Waals surface area (Å²) in [7, 11) is 0. The highest BCUT2D eigenvalue weighted by atomic mass is 16.3. The molecular formula is C24H23N3O4. The lowest BCUT2D eigenvalue weighted by molar-refractivity contribution is 0.0746. The first-order valence-electron chi connectivity index (χ1n) is 10.1. The summed E-state index contributed by atoms with van der Waals surface area (Å²) in [6.07, 6.45) is 1.44. The summed E-state index contributed by atoms with van der Waals surface area (Å²) >= 11 is 0. The maximum absolute atomic E-state index is 12.9. The second-order valence-corrected chi connectivity index (χ2v) is 7.39. The number of carbonyl (C=O) groups excluding carboxylic acids is 3. The molecule has 158 valence electrons. The van der Waals surface area contributed by atoms with Gasteiger partial charge in [-0.15, -0.1) is 0 Å². The predicted molar refractivity (Wildman–Crippen MR) is 118 cm³/mol. The molecule has 1 N–H and O–H groups in total. The van der Waals surface area contributed by atoms with Gasteiger partial charge in [-0.25, -0.2) is 0 Å². The number of hydrogen-bond donors (Lipinski definition) is 1. The van der Waals surface area contributed by atoms with E-state index in [9.17, 15) is 14.4 Å². The standard InChI is InChI=1S/C24H23N3O4/c1-17(28)18-6-10-21(11-7-18)26-12-14-27(15-13-26)24(30)19-4-8-20(9-5-19)25-23(29)22-3-2-16-31-22/h2-11,16H,12-15H2,1H3,(H,25,29). The Morgan fingerprint density at radius 3 is 2.06 bits per heavy atom. The molecule has 2 heterocycles. The van der Waals surface area contributed by atoms with E-state index in [0.29, 0.717) is 29.9 Å². The fourth-order valence-electron chi connectivity index (χ4n) is 3.55. The molecule has 1 aliphatic heterocycles. The van der Waals surface area contributed by atoms with Crippen LogP contribution in [0.4, 0.5) is 11.4 Å². The van der Waals surface area contributed by atoms with Gasteiger partial charge in [0.1, 0.15) is 0 Å². The topological polar surface area (TPSA) is 82.9 Å². The van der Waals surface area contributed by atoms with E-state index in [1.165, 1.54) is 6.26 Å². The van der Waals surface area contributed by atoms with Crippen molar-refractivity contribution in [2.75, 3.05) is 36.4 Å². The number of carbonyl (C=O) groups is 3. The van der Waals surface area contributed by atoms with Crippen LogP contribution < -0.4 is 10.2 Å². The highest BCUT2D eigenvalue weighted by Gasteiger charge is 2.22. The molecule has 3 aromatic rings. The summed E-state index contributed by atoms with van der Waals surface area (Å²) in [6.45, 7) is 4.23. The van der Waals surface area contributed by atoms with Crippen molar-refractivity contribution >= 4 is 29.0 Å². The number of amides is 2. The van der Waals surface area contributed by atoms with Gasteiger partial charge in [0.25, 0.3) is 11.8 Å². The van der Waals surface area contributed by atoms with Gasteiger partial charge in [-0.05, 0) is 67.6 Å². The molecule has 4 rings (SSSR count). The maximum Gasteiger partial charge on any atom is 0.291 e. The van der Waals surface area contributed by atoms with Crippen LogP contribution in [0.15, 0.2) is 71.3 Å². The minimum Gasteiger partial charge on any atom is -0.459 e. The maximum atomic E-state index is 12.9. The monoisotopic (exact) mass is 417 g/mol. The third kappa shape index (κ3) is 4.66. The molecule has 1 saturated heterocycles. The molecule has 31 heavy (non-hydrogen) atoms. The fourth-order valence-corrected chi connectivity index (χ4v) is 3.55. The van der Waals surface area contributed by atoms with Crippen molar-refractivity contribution in [3.63, 3.8) is 0 Å². The lowest BCUT2D eigenvalue weighted by Gasteiger charge is -2.36. The molecule has 0 saturated carbocycles. The molecule has 7 heteroatoms. The van der Waals surface area contributed by atoms with Crippen molar-refractivity contribution in [1.82, 2.24) is 4.90 Å². The van der Waals surface area contributed by atoms with E-state index < -0.39 is 0 Å². The first kappa shape index (κ1) is 20.4. The number of Topliss-reactive ketones (excluding diaryl/α,β-unsaturated/α-hetero) is 1. The zero-order valence-electron chi connectivity index (χ0n) is 17.2. The van der Waals surface area contributed by atoms with Gasteiger partial charge in [-0.2, -0.15) is 0 Å². The number of nitrogens with one attached hydrogen (secondary N) is 1. The molecule has 2 amide bonds.